The lowest BCUT2D eigenvalue weighted by atomic mass is 10.1. The van der Waals surface area contributed by atoms with Crippen molar-refractivity contribution in [1.29, 1.82) is 0 Å². The van der Waals surface area contributed by atoms with Gasteiger partial charge in [-0.3, -0.25) is 0 Å². The molecule has 2 aromatic carbocycles. The van der Waals surface area contributed by atoms with Crippen LogP contribution in [0.5, 0.6) is 0 Å². The van der Waals surface area contributed by atoms with E-state index < -0.39 is 12.1 Å². The highest BCUT2D eigenvalue weighted by atomic mass is 32.1. The molecule has 0 aliphatic rings. The van der Waals surface area contributed by atoms with Gasteiger partial charge in [0.05, 0.1) is 0 Å². The van der Waals surface area contributed by atoms with Gasteiger partial charge in [0.25, 0.3) is 0 Å². The molecule has 0 saturated carbocycles. The second-order valence-corrected chi connectivity index (χ2v) is 6.36. The summed E-state index contributed by atoms with van der Waals surface area (Å²) in [6.07, 6.45) is -0.829. The predicted molar refractivity (Wildman–Crippen MR) is 111 cm³/mol. The van der Waals surface area contributed by atoms with E-state index >= 15 is 0 Å². The summed E-state index contributed by atoms with van der Waals surface area (Å²) in [6, 6.07) is 16.8. The van der Waals surface area contributed by atoms with E-state index in [9.17, 15) is 13.2 Å². The Bertz CT molecular complexity index is 795. The number of hydrogen-bond donors (Lipinski definition) is 4. The fraction of sp³-hybridized carbons (Fsp3) is 0.250. The maximum atomic E-state index is 10.6. The van der Waals surface area contributed by atoms with Crippen LogP contribution >= 0.6 is 12.6 Å². The average Bonchev–Trinajstić information content (AvgIpc) is 2.64. The Morgan fingerprint density at radius 1 is 1.18 bits per heavy atom. The number of carbonyl (C=O) groups is 1. The van der Waals surface area contributed by atoms with Crippen LogP contribution in [0.15, 0.2) is 48.5 Å². The number of hydrogen-bond acceptors (Lipinski definition) is 4. The van der Waals surface area contributed by atoms with E-state index in [2.05, 4.69) is 79.5 Å². The predicted octanol–water partition coefficient (Wildman–Crippen LogP) is 4.47. The van der Waals surface area contributed by atoms with Crippen LogP contribution in [0.3, 0.4) is 0 Å². The second kappa shape index (κ2) is 11.4. The number of nitrogens with two attached hydrogens (primary N) is 1. The number of nitrogens with one attached hydrogen (secondary N) is 1. The zero-order valence-corrected chi connectivity index (χ0v) is 16.2. The SMILES string of the molecule is Cc1cccc(/C=C/c2cccc(NC[C@@H](N)CS)c2)c1.O=C(O)C(F)(F)F. The zero-order chi connectivity index (χ0) is 21.2. The van der Waals surface area contributed by atoms with Crippen LogP contribution in [0.4, 0.5) is 18.9 Å². The highest BCUT2D eigenvalue weighted by Gasteiger charge is 2.38. The second-order valence-electron chi connectivity index (χ2n) is 6.00. The van der Waals surface area contributed by atoms with Crippen LogP contribution in [0.25, 0.3) is 12.2 Å². The number of thiol groups is 1. The number of aryl methyl sites for hydroxylation is 1. The van der Waals surface area contributed by atoms with Gasteiger partial charge in [0.15, 0.2) is 0 Å². The highest BCUT2D eigenvalue weighted by Crippen LogP contribution is 2.15. The molecule has 0 radical (unpaired) electrons. The Kier molecular flexibility index (Phi) is 9.61. The van der Waals surface area contributed by atoms with E-state index in [0.717, 1.165) is 12.2 Å². The minimum atomic E-state index is -5.08. The Balaban J connectivity index is 0.000000480. The lowest BCUT2D eigenvalue weighted by Crippen LogP contribution is -2.30. The zero-order valence-electron chi connectivity index (χ0n) is 15.3. The summed E-state index contributed by atoms with van der Waals surface area (Å²) in [6.45, 7) is 2.83. The molecule has 0 amide bonds. The van der Waals surface area contributed by atoms with E-state index in [4.69, 9.17) is 15.6 Å². The van der Waals surface area contributed by atoms with Gasteiger partial charge in [-0.1, -0.05) is 54.1 Å². The summed E-state index contributed by atoms with van der Waals surface area (Å²) >= 11 is 4.19. The van der Waals surface area contributed by atoms with Gasteiger partial charge in [-0.05, 0) is 30.2 Å². The van der Waals surface area contributed by atoms with E-state index in [-0.39, 0.29) is 6.04 Å². The minimum Gasteiger partial charge on any atom is -0.475 e. The number of aliphatic carboxylic acids is 1. The molecule has 28 heavy (non-hydrogen) atoms. The van der Waals surface area contributed by atoms with E-state index in [1.807, 2.05) is 6.07 Å². The normalized spacial score (nSPS) is 12.2. The van der Waals surface area contributed by atoms with Gasteiger partial charge in [0.1, 0.15) is 0 Å². The lowest BCUT2D eigenvalue weighted by molar-refractivity contribution is -0.192. The first-order chi connectivity index (χ1) is 13.1. The number of rotatable bonds is 6. The lowest BCUT2D eigenvalue weighted by Gasteiger charge is -2.11. The minimum absolute atomic E-state index is 0.0693. The molecule has 0 spiro atoms. The molecule has 1 atom stereocenters. The maximum absolute atomic E-state index is 10.6. The molecule has 4 nitrogen and oxygen atoms in total. The van der Waals surface area contributed by atoms with Crippen molar-refractivity contribution < 1.29 is 23.1 Å². The number of carboxylic acids is 1. The van der Waals surface area contributed by atoms with Crippen molar-refractivity contribution in [2.45, 2.75) is 19.1 Å². The van der Waals surface area contributed by atoms with Crippen molar-refractivity contribution >= 4 is 36.4 Å². The number of anilines is 1. The summed E-state index contributed by atoms with van der Waals surface area (Å²) in [4.78, 5) is 8.90. The quantitative estimate of drug-likeness (QED) is 0.417. The smallest absolute Gasteiger partial charge is 0.475 e. The van der Waals surface area contributed by atoms with Crippen molar-refractivity contribution in [3.05, 3.63) is 65.2 Å². The van der Waals surface area contributed by atoms with E-state index in [1.165, 1.54) is 16.7 Å². The molecule has 0 aromatic heterocycles. The third kappa shape index (κ3) is 9.48. The van der Waals surface area contributed by atoms with Crippen LogP contribution < -0.4 is 11.1 Å². The first-order valence-electron chi connectivity index (χ1n) is 8.37. The van der Waals surface area contributed by atoms with Crippen molar-refractivity contribution in [1.82, 2.24) is 0 Å². The van der Waals surface area contributed by atoms with Crippen molar-refractivity contribution in [2.75, 3.05) is 17.6 Å². The van der Waals surface area contributed by atoms with Gasteiger partial charge >= 0.3 is 12.1 Å². The van der Waals surface area contributed by atoms with Gasteiger partial charge in [0, 0.05) is 24.0 Å². The molecule has 0 bridgehead atoms. The van der Waals surface area contributed by atoms with Crippen molar-refractivity contribution in [3.63, 3.8) is 0 Å². The molecular weight excluding hydrogens is 389 g/mol. The van der Waals surface area contributed by atoms with E-state index in [1.54, 1.807) is 0 Å². The molecule has 0 fully saturated rings. The number of halogens is 3. The molecule has 4 N–H and O–H groups in total. The van der Waals surface area contributed by atoms with Crippen molar-refractivity contribution in [3.8, 4) is 0 Å². The molecule has 8 heteroatoms. The van der Waals surface area contributed by atoms with Gasteiger partial charge in [-0.2, -0.15) is 25.8 Å². The fourth-order valence-corrected chi connectivity index (χ4v) is 2.16. The van der Waals surface area contributed by atoms with Crippen LogP contribution in [-0.4, -0.2) is 35.6 Å². The Labute approximate surface area is 167 Å². The van der Waals surface area contributed by atoms with Gasteiger partial charge in [-0.25, -0.2) is 4.79 Å². The van der Waals surface area contributed by atoms with E-state index in [0.29, 0.717) is 5.75 Å². The fourth-order valence-electron chi connectivity index (χ4n) is 2.03. The molecule has 0 heterocycles. The monoisotopic (exact) mass is 412 g/mol. The number of carboxylic acid groups (broad SMARTS) is 1. The maximum Gasteiger partial charge on any atom is 0.490 e. The third-order valence-electron chi connectivity index (χ3n) is 3.44. The summed E-state index contributed by atoms with van der Waals surface area (Å²) in [5.41, 5.74) is 10.6. The van der Waals surface area contributed by atoms with Crippen LogP contribution in [0, 0.1) is 6.92 Å². The Morgan fingerprint density at radius 3 is 2.21 bits per heavy atom. The molecule has 152 valence electrons. The molecule has 0 unspecified atom stereocenters. The van der Waals surface area contributed by atoms with Gasteiger partial charge < -0.3 is 16.2 Å². The standard InChI is InChI=1S/C18H22N2S.C2HF3O2/c1-14-4-2-5-15(10-14)8-9-16-6-3-7-18(11-16)20-12-17(19)13-21;3-2(4,5)1(6)7/h2-11,17,20-21H,12-13,19H2,1H3;(H,6,7)/b9-8+;/t17-;/m1./s1. The van der Waals surface area contributed by atoms with Crippen molar-refractivity contribution in [2.24, 2.45) is 5.73 Å². The Hall–Kier alpha value is -2.45. The van der Waals surface area contributed by atoms with Gasteiger partial charge in [-0.15, -0.1) is 0 Å². The third-order valence-corrected chi connectivity index (χ3v) is 3.91. The molecule has 0 aliphatic carbocycles. The summed E-state index contributed by atoms with van der Waals surface area (Å²) in [7, 11) is 0. The largest absolute Gasteiger partial charge is 0.490 e. The van der Waals surface area contributed by atoms with Crippen LogP contribution in [-0.2, 0) is 4.79 Å². The molecule has 0 aliphatic heterocycles. The van der Waals surface area contributed by atoms with Crippen LogP contribution in [0.2, 0.25) is 0 Å². The number of alkyl halides is 3. The molecule has 0 saturated heterocycles. The molecule has 2 aromatic rings. The van der Waals surface area contributed by atoms with Gasteiger partial charge in [0.2, 0.25) is 0 Å². The summed E-state index contributed by atoms with van der Waals surface area (Å²) in [5, 5.41) is 10.5. The van der Waals surface area contributed by atoms with Crippen LogP contribution in [0.1, 0.15) is 16.7 Å². The Morgan fingerprint density at radius 2 is 1.71 bits per heavy atom. The molecule has 2 rings (SSSR count). The highest BCUT2D eigenvalue weighted by molar-refractivity contribution is 7.80. The summed E-state index contributed by atoms with van der Waals surface area (Å²) < 4.78 is 31.7. The first kappa shape index (κ1) is 23.6. The topological polar surface area (TPSA) is 75.3 Å². The first-order valence-corrected chi connectivity index (χ1v) is 9.00. The molecular formula is C20H23F3N2O2S. The number of benzene rings is 2. The summed E-state index contributed by atoms with van der Waals surface area (Å²) in [5.74, 6) is -2.08. The average molecular weight is 412 g/mol.